The molecule has 41 heavy (non-hydrogen) atoms. The molecule has 204 valence electrons. The minimum atomic E-state index is -0.600. The van der Waals surface area contributed by atoms with E-state index in [1.807, 2.05) is 104 Å². The number of allylic oxidation sites excluding steroid dienone is 1. The number of ketones is 1. The van der Waals surface area contributed by atoms with Gasteiger partial charge in [0.1, 0.15) is 0 Å². The summed E-state index contributed by atoms with van der Waals surface area (Å²) in [4.78, 5) is 30.0. The summed E-state index contributed by atoms with van der Waals surface area (Å²) in [5.41, 5.74) is 6.79. The van der Waals surface area contributed by atoms with Crippen LogP contribution in [0, 0.1) is 6.92 Å². The summed E-state index contributed by atoms with van der Waals surface area (Å²) in [7, 11) is 0. The molecular weight excluding hydrogens is 551 g/mol. The van der Waals surface area contributed by atoms with Crippen LogP contribution in [0.1, 0.15) is 47.1 Å². The van der Waals surface area contributed by atoms with Crippen molar-refractivity contribution < 1.29 is 9.59 Å². The Balaban J connectivity index is 1.50. The summed E-state index contributed by atoms with van der Waals surface area (Å²) in [6.07, 6.45) is 4.30. The number of anilines is 2. The number of nitrogens with one attached hydrogen (secondary N) is 1. The molecule has 4 nitrogen and oxygen atoms in total. The summed E-state index contributed by atoms with van der Waals surface area (Å²) < 4.78 is 0. The van der Waals surface area contributed by atoms with E-state index in [2.05, 4.69) is 5.32 Å². The van der Waals surface area contributed by atoms with E-state index in [1.54, 1.807) is 17.0 Å². The van der Waals surface area contributed by atoms with Crippen molar-refractivity contribution in [2.45, 2.75) is 31.7 Å². The minimum absolute atomic E-state index is 0.00181. The number of rotatable bonds is 4. The molecule has 0 aromatic heterocycles. The van der Waals surface area contributed by atoms with Gasteiger partial charge in [0.05, 0.1) is 27.5 Å². The standard InChI is InChI=1S/C35H28Cl2N2O2/c1-22-11-14-24(15-12-22)35-34-30(20-26(21-32(34)40)25-16-17-27(36)28(37)19-25)38-29-9-5-6-10-31(29)39(35)33(41)18-13-23-7-3-2-4-8-23/h2-19,26,35,38H,20-21H2,1H3/b18-13+/t26-,35+/m0/s1. The summed E-state index contributed by atoms with van der Waals surface area (Å²) in [6.45, 7) is 2.03. The van der Waals surface area contributed by atoms with E-state index >= 15 is 0 Å². The van der Waals surface area contributed by atoms with E-state index < -0.39 is 6.04 Å². The number of carbonyl (C=O) groups is 2. The average molecular weight is 580 g/mol. The minimum Gasteiger partial charge on any atom is -0.357 e. The lowest BCUT2D eigenvalue weighted by Gasteiger charge is -2.34. The van der Waals surface area contributed by atoms with Crippen molar-refractivity contribution in [1.29, 1.82) is 0 Å². The van der Waals surface area contributed by atoms with Crippen LogP contribution in [-0.2, 0) is 9.59 Å². The number of hydrogen-bond acceptors (Lipinski definition) is 3. The lowest BCUT2D eigenvalue weighted by molar-refractivity contribution is -0.116. The predicted molar refractivity (Wildman–Crippen MR) is 167 cm³/mol. The molecule has 2 aliphatic rings. The lowest BCUT2D eigenvalue weighted by atomic mass is 9.78. The van der Waals surface area contributed by atoms with Crippen molar-refractivity contribution in [3.05, 3.63) is 147 Å². The third-order valence-electron chi connectivity index (χ3n) is 7.75. The maximum absolute atomic E-state index is 14.2. The SMILES string of the molecule is Cc1ccc([C@@H]2C3=C(C[C@H](c4ccc(Cl)c(Cl)c4)CC3=O)Nc3ccccc3N2C(=O)/C=C/c2ccccc2)cc1. The van der Waals surface area contributed by atoms with E-state index in [0.717, 1.165) is 33.6 Å². The first-order chi connectivity index (χ1) is 19.9. The number of hydrogen-bond donors (Lipinski definition) is 1. The molecule has 1 amide bonds. The molecular formula is C35H28Cl2N2O2. The molecule has 0 bridgehead atoms. The highest BCUT2D eigenvalue weighted by Crippen LogP contribution is 2.47. The first-order valence-corrected chi connectivity index (χ1v) is 14.3. The van der Waals surface area contributed by atoms with E-state index in [9.17, 15) is 9.59 Å². The molecule has 6 rings (SSSR count). The highest BCUT2D eigenvalue weighted by molar-refractivity contribution is 6.42. The van der Waals surface area contributed by atoms with E-state index in [0.29, 0.717) is 34.1 Å². The Morgan fingerprint density at radius 2 is 1.56 bits per heavy atom. The van der Waals surface area contributed by atoms with Gasteiger partial charge in [0, 0.05) is 23.8 Å². The lowest BCUT2D eigenvalue weighted by Crippen LogP contribution is -2.37. The average Bonchev–Trinajstić information content (AvgIpc) is 3.13. The Labute approximate surface area is 249 Å². The molecule has 0 unspecified atom stereocenters. The zero-order valence-electron chi connectivity index (χ0n) is 22.5. The van der Waals surface area contributed by atoms with Crippen LogP contribution in [0.25, 0.3) is 6.08 Å². The van der Waals surface area contributed by atoms with Gasteiger partial charge in [0.15, 0.2) is 5.78 Å². The van der Waals surface area contributed by atoms with Crippen LogP contribution in [0.2, 0.25) is 10.0 Å². The fourth-order valence-corrected chi connectivity index (χ4v) is 6.02. The van der Waals surface area contributed by atoms with Crippen molar-refractivity contribution in [3.63, 3.8) is 0 Å². The predicted octanol–water partition coefficient (Wildman–Crippen LogP) is 8.92. The molecule has 0 saturated carbocycles. The van der Waals surface area contributed by atoms with Crippen molar-refractivity contribution in [3.8, 4) is 0 Å². The van der Waals surface area contributed by atoms with Crippen molar-refractivity contribution in [2.75, 3.05) is 10.2 Å². The molecule has 1 aliphatic carbocycles. The number of Topliss-reactive ketones (excluding diaryl/α,β-unsaturated/α-hetero) is 1. The van der Waals surface area contributed by atoms with Crippen LogP contribution in [-0.4, -0.2) is 11.7 Å². The van der Waals surface area contributed by atoms with Crippen LogP contribution in [0.3, 0.4) is 0 Å². The Morgan fingerprint density at radius 3 is 2.32 bits per heavy atom. The highest BCUT2D eigenvalue weighted by atomic mass is 35.5. The number of aryl methyl sites for hydroxylation is 1. The van der Waals surface area contributed by atoms with Crippen molar-refractivity contribution >= 4 is 52.3 Å². The third kappa shape index (κ3) is 5.46. The normalized spacial score (nSPS) is 18.5. The van der Waals surface area contributed by atoms with E-state index in [-0.39, 0.29) is 17.6 Å². The van der Waals surface area contributed by atoms with Crippen LogP contribution in [0.5, 0.6) is 0 Å². The number of halogens is 2. The Morgan fingerprint density at radius 1 is 0.854 bits per heavy atom. The largest absolute Gasteiger partial charge is 0.357 e. The summed E-state index contributed by atoms with van der Waals surface area (Å²) in [5.74, 6) is -0.283. The smallest absolute Gasteiger partial charge is 0.251 e. The Hall–Kier alpha value is -4.12. The van der Waals surface area contributed by atoms with E-state index in [4.69, 9.17) is 23.2 Å². The van der Waals surface area contributed by atoms with Crippen LogP contribution in [0.15, 0.2) is 114 Å². The van der Waals surface area contributed by atoms with Crippen LogP contribution >= 0.6 is 23.2 Å². The maximum Gasteiger partial charge on any atom is 0.251 e. The quantitative estimate of drug-likeness (QED) is 0.246. The van der Waals surface area contributed by atoms with Gasteiger partial charge in [-0.1, -0.05) is 102 Å². The molecule has 2 atom stereocenters. The molecule has 1 N–H and O–H groups in total. The second kappa shape index (κ2) is 11.4. The van der Waals surface area contributed by atoms with Gasteiger partial charge < -0.3 is 5.32 Å². The van der Waals surface area contributed by atoms with Gasteiger partial charge in [0.2, 0.25) is 0 Å². The van der Waals surface area contributed by atoms with Gasteiger partial charge >= 0.3 is 0 Å². The fourth-order valence-electron chi connectivity index (χ4n) is 5.71. The maximum atomic E-state index is 14.2. The monoisotopic (exact) mass is 578 g/mol. The second-order valence-electron chi connectivity index (χ2n) is 10.5. The van der Waals surface area contributed by atoms with Gasteiger partial charge in [-0.25, -0.2) is 0 Å². The zero-order chi connectivity index (χ0) is 28.5. The molecule has 0 fully saturated rings. The Kier molecular flexibility index (Phi) is 7.53. The molecule has 6 heteroatoms. The molecule has 4 aromatic rings. The number of amides is 1. The third-order valence-corrected chi connectivity index (χ3v) is 8.49. The van der Waals surface area contributed by atoms with Gasteiger partial charge in [-0.2, -0.15) is 0 Å². The Bertz CT molecular complexity index is 1690. The number of para-hydroxylation sites is 2. The van der Waals surface area contributed by atoms with Crippen LogP contribution in [0.4, 0.5) is 11.4 Å². The van der Waals surface area contributed by atoms with E-state index in [1.165, 1.54) is 0 Å². The zero-order valence-corrected chi connectivity index (χ0v) is 24.0. The number of benzene rings is 4. The molecule has 1 heterocycles. The molecule has 0 spiro atoms. The fraction of sp³-hybridized carbons (Fsp3) is 0.143. The highest BCUT2D eigenvalue weighted by Gasteiger charge is 2.41. The van der Waals surface area contributed by atoms with Crippen LogP contribution < -0.4 is 10.2 Å². The number of fused-ring (bicyclic) bond motifs is 1. The van der Waals surface area contributed by atoms with Crippen molar-refractivity contribution in [1.82, 2.24) is 0 Å². The number of carbonyl (C=O) groups excluding carboxylic acids is 2. The summed E-state index contributed by atoms with van der Waals surface area (Å²) >= 11 is 12.5. The topological polar surface area (TPSA) is 49.4 Å². The van der Waals surface area contributed by atoms with Gasteiger partial charge in [-0.05, 0) is 66.3 Å². The summed E-state index contributed by atoms with van der Waals surface area (Å²) in [5, 5.41) is 4.52. The first kappa shape index (κ1) is 27.1. The molecule has 0 saturated heterocycles. The van der Waals surface area contributed by atoms with Gasteiger partial charge in [-0.3, -0.25) is 14.5 Å². The molecule has 4 aromatic carbocycles. The van der Waals surface area contributed by atoms with Gasteiger partial charge in [0.25, 0.3) is 5.91 Å². The van der Waals surface area contributed by atoms with Crippen molar-refractivity contribution in [2.24, 2.45) is 0 Å². The number of nitrogens with zero attached hydrogens (tertiary/aromatic N) is 1. The second-order valence-corrected chi connectivity index (χ2v) is 11.3. The summed E-state index contributed by atoms with van der Waals surface area (Å²) in [6, 6.07) is 30.5. The first-order valence-electron chi connectivity index (χ1n) is 13.6. The molecule has 0 radical (unpaired) electrons. The van der Waals surface area contributed by atoms with Gasteiger partial charge in [-0.15, -0.1) is 0 Å². The molecule has 1 aliphatic heterocycles.